The van der Waals surface area contributed by atoms with Crippen LogP contribution in [0.4, 0.5) is 5.69 Å². The summed E-state index contributed by atoms with van der Waals surface area (Å²) in [6.45, 7) is 7.02. The van der Waals surface area contributed by atoms with Gasteiger partial charge in [-0.15, -0.1) is 12.4 Å². The Bertz CT molecular complexity index is 779. The minimum atomic E-state index is -3.54. The van der Waals surface area contributed by atoms with Crippen LogP contribution in [0.15, 0.2) is 23.1 Å². The fraction of sp³-hybridized carbons (Fsp3) is 0.588. The fourth-order valence-electron chi connectivity index (χ4n) is 3.54. The summed E-state index contributed by atoms with van der Waals surface area (Å²) in [5, 5.41) is 0. The van der Waals surface area contributed by atoms with Gasteiger partial charge < -0.3 is 10.6 Å². The molecule has 1 saturated heterocycles. The van der Waals surface area contributed by atoms with E-state index in [4.69, 9.17) is 5.73 Å². The summed E-state index contributed by atoms with van der Waals surface area (Å²) < 4.78 is 27.5. The van der Waals surface area contributed by atoms with Crippen LogP contribution in [-0.2, 0) is 21.2 Å². The number of piperidine rings is 1. The third kappa shape index (κ3) is 3.56. The van der Waals surface area contributed by atoms with Gasteiger partial charge >= 0.3 is 0 Å². The molecule has 8 heteroatoms. The number of hydrogen-bond donors (Lipinski definition) is 1. The maximum Gasteiger partial charge on any atom is 0.243 e. The van der Waals surface area contributed by atoms with Crippen molar-refractivity contribution in [3.63, 3.8) is 0 Å². The zero-order valence-electron chi connectivity index (χ0n) is 14.9. The predicted octanol–water partition coefficient (Wildman–Crippen LogP) is 1.77. The smallest absolute Gasteiger partial charge is 0.243 e. The minimum Gasteiger partial charge on any atom is -0.327 e. The van der Waals surface area contributed by atoms with Gasteiger partial charge in [-0.1, -0.05) is 13.8 Å². The lowest BCUT2D eigenvalue weighted by atomic mass is 9.81. The molecule has 2 aliphatic rings. The van der Waals surface area contributed by atoms with Gasteiger partial charge in [0.1, 0.15) is 0 Å². The van der Waals surface area contributed by atoms with Crippen LogP contribution in [0.2, 0.25) is 0 Å². The Labute approximate surface area is 155 Å². The number of hydrogen-bond acceptors (Lipinski definition) is 4. The lowest BCUT2D eigenvalue weighted by molar-refractivity contribution is -0.116. The highest BCUT2D eigenvalue weighted by Crippen LogP contribution is 2.34. The topological polar surface area (TPSA) is 83.7 Å². The van der Waals surface area contributed by atoms with Crippen LogP contribution in [0.1, 0.15) is 32.8 Å². The van der Waals surface area contributed by atoms with Crippen molar-refractivity contribution in [2.24, 2.45) is 11.1 Å². The number of carbonyl (C=O) groups is 1. The zero-order valence-corrected chi connectivity index (χ0v) is 16.5. The van der Waals surface area contributed by atoms with Crippen molar-refractivity contribution in [1.29, 1.82) is 0 Å². The number of carbonyl (C=O) groups excluding carboxylic acids is 1. The number of anilines is 1. The van der Waals surface area contributed by atoms with E-state index in [0.29, 0.717) is 37.4 Å². The Kier molecular flexibility index (Phi) is 5.54. The van der Waals surface area contributed by atoms with Gasteiger partial charge in [-0.2, -0.15) is 4.31 Å². The molecule has 2 heterocycles. The van der Waals surface area contributed by atoms with Gasteiger partial charge in [0.15, 0.2) is 0 Å². The molecule has 140 valence electrons. The first kappa shape index (κ1) is 20.2. The highest BCUT2D eigenvalue weighted by Gasteiger charge is 2.39. The second kappa shape index (κ2) is 6.87. The predicted molar refractivity (Wildman–Crippen MR) is 101 cm³/mol. The fourth-order valence-corrected chi connectivity index (χ4v) is 5.22. The molecule has 1 amide bonds. The molecule has 1 unspecified atom stereocenters. The molecular weight excluding hydrogens is 362 g/mol. The Balaban J connectivity index is 0.00000225. The third-order valence-corrected chi connectivity index (χ3v) is 7.08. The normalized spacial score (nSPS) is 23.0. The van der Waals surface area contributed by atoms with E-state index in [2.05, 4.69) is 0 Å². The van der Waals surface area contributed by atoms with E-state index >= 15 is 0 Å². The maximum absolute atomic E-state index is 13.0. The van der Waals surface area contributed by atoms with Crippen molar-refractivity contribution in [3.05, 3.63) is 23.8 Å². The first-order valence-electron chi connectivity index (χ1n) is 8.30. The molecule has 6 nitrogen and oxygen atoms in total. The van der Waals surface area contributed by atoms with Gasteiger partial charge in [-0.05, 0) is 42.0 Å². The molecule has 1 atom stereocenters. The van der Waals surface area contributed by atoms with E-state index in [9.17, 15) is 13.2 Å². The van der Waals surface area contributed by atoms with E-state index < -0.39 is 10.0 Å². The Hall–Kier alpha value is -1.15. The van der Waals surface area contributed by atoms with E-state index in [1.165, 1.54) is 11.2 Å². The molecule has 3 rings (SSSR count). The second-order valence-corrected chi connectivity index (χ2v) is 9.37. The monoisotopic (exact) mass is 387 g/mol. The lowest BCUT2D eigenvalue weighted by Crippen LogP contribution is -2.53. The molecule has 0 bridgehead atoms. The zero-order chi connectivity index (χ0) is 17.7. The van der Waals surface area contributed by atoms with Crippen molar-refractivity contribution in [2.75, 3.05) is 24.5 Å². The average molecular weight is 388 g/mol. The lowest BCUT2D eigenvalue weighted by Gasteiger charge is -2.41. The van der Waals surface area contributed by atoms with Crippen LogP contribution in [0.5, 0.6) is 0 Å². The number of rotatable bonds is 2. The highest BCUT2D eigenvalue weighted by molar-refractivity contribution is 7.89. The molecule has 2 aliphatic heterocycles. The van der Waals surface area contributed by atoms with Crippen molar-refractivity contribution in [1.82, 2.24) is 4.31 Å². The summed E-state index contributed by atoms with van der Waals surface area (Å²) in [6, 6.07) is 5.08. The summed E-state index contributed by atoms with van der Waals surface area (Å²) in [6.07, 6.45) is 1.35. The molecule has 2 N–H and O–H groups in total. The number of fused-ring (bicyclic) bond motifs is 1. The van der Waals surface area contributed by atoms with Gasteiger partial charge in [0, 0.05) is 38.3 Å². The molecule has 0 spiro atoms. The molecule has 0 aromatic heterocycles. The maximum atomic E-state index is 13.0. The Morgan fingerprint density at radius 3 is 2.56 bits per heavy atom. The number of benzene rings is 1. The van der Waals surface area contributed by atoms with Crippen LogP contribution >= 0.6 is 12.4 Å². The van der Waals surface area contributed by atoms with Crippen LogP contribution in [0, 0.1) is 5.41 Å². The summed E-state index contributed by atoms with van der Waals surface area (Å²) in [5.74, 6) is -0.0175. The van der Waals surface area contributed by atoms with Gasteiger partial charge in [0.05, 0.1) is 4.90 Å². The van der Waals surface area contributed by atoms with Gasteiger partial charge in [-0.3, -0.25) is 4.79 Å². The van der Waals surface area contributed by atoms with E-state index in [1.807, 2.05) is 13.8 Å². The van der Waals surface area contributed by atoms with Crippen LogP contribution < -0.4 is 10.6 Å². The number of halogens is 1. The third-order valence-electron chi connectivity index (χ3n) is 5.24. The number of nitrogens with two attached hydrogens (primary N) is 1. The molecule has 25 heavy (non-hydrogen) atoms. The standard InChI is InChI=1S/C17H25N3O3S.ClH/c1-12(21)20-9-6-13-10-14(4-5-15(13)20)24(22,23)19-8-7-16(18)17(2,3)11-19;/h4-5,10,16H,6-9,11,18H2,1-3H3;1H. The highest BCUT2D eigenvalue weighted by atomic mass is 35.5. The molecule has 0 radical (unpaired) electrons. The quantitative estimate of drug-likeness (QED) is 0.838. The second-order valence-electron chi connectivity index (χ2n) is 7.43. The van der Waals surface area contributed by atoms with Crippen molar-refractivity contribution < 1.29 is 13.2 Å². The van der Waals surface area contributed by atoms with Crippen LogP contribution in [0.3, 0.4) is 0 Å². The molecular formula is C17H26ClN3O3S. The Morgan fingerprint density at radius 1 is 1.28 bits per heavy atom. The van der Waals surface area contributed by atoms with Crippen LogP contribution in [0.25, 0.3) is 0 Å². The summed E-state index contributed by atoms with van der Waals surface area (Å²) >= 11 is 0. The minimum absolute atomic E-state index is 0. The Morgan fingerprint density at radius 2 is 1.96 bits per heavy atom. The van der Waals surface area contributed by atoms with Crippen molar-refractivity contribution in [3.8, 4) is 0 Å². The average Bonchev–Trinajstić information content (AvgIpc) is 2.93. The molecule has 1 fully saturated rings. The van der Waals surface area contributed by atoms with Gasteiger partial charge in [-0.25, -0.2) is 8.42 Å². The largest absolute Gasteiger partial charge is 0.327 e. The first-order valence-corrected chi connectivity index (χ1v) is 9.74. The van der Waals surface area contributed by atoms with Crippen molar-refractivity contribution in [2.45, 2.75) is 44.6 Å². The van der Waals surface area contributed by atoms with Gasteiger partial charge in [0.25, 0.3) is 0 Å². The SMILES string of the molecule is CC(=O)N1CCc2cc(S(=O)(=O)N3CCC(N)C(C)(C)C3)ccc21.Cl. The first-order chi connectivity index (χ1) is 11.1. The van der Waals surface area contributed by atoms with E-state index in [0.717, 1.165) is 11.3 Å². The summed E-state index contributed by atoms with van der Waals surface area (Å²) in [7, 11) is -3.54. The number of sulfonamides is 1. The number of amides is 1. The molecule has 1 aromatic carbocycles. The molecule has 0 aliphatic carbocycles. The summed E-state index contributed by atoms with van der Waals surface area (Å²) in [5.41, 5.74) is 7.61. The molecule has 1 aromatic rings. The van der Waals surface area contributed by atoms with Crippen LogP contribution in [-0.4, -0.2) is 44.3 Å². The molecule has 0 saturated carbocycles. The number of nitrogens with zero attached hydrogens (tertiary/aromatic N) is 2. The summed E-state index contributed by atoms with van der Waals surface area (Å²) in [4.78, 5) is 13.6. The van der Waals surface area contributed by atoms with E-state index in [1.54, 1.807) is 23.1 Å². The van der Waals surface area contributed by atoms with Gasteiger partial charge in [0.2, 0.25) is 15.9 Å². The van der Waals surface area contributed by atoms with E-state index in [-0.39, 0.29) is 29.8 Å². The van der Waals surface area contributed by atoms with Crippen molar-refractivity contribution >= 4 is 34.0 Å².